The molecule has 0 atom stereocenters. The number of hydrogen-bond acceptors (Lipinski definition) is 6. The van der Waals surface area contributed by atoms with Crippen LogP contribution < -0.4 is 10.1 Å². The van der Waals surface area contributed by atoms with Crippen molar-refractivity contribution in [2.75, 3.05) is 26.2 Å². The molecule has 0 aliphatic carbocycles. The van der Waals surface area contributed by atoms with Gasteiger partial charge in [-0.25, -0.2) is 9.97 Å². The second-order valence-corrected chi connectivity index (χ2v) is 8.04. The second-order valence-electron chi connectivity index (χ2n) is 8.04. The summed E-state index contributed by atoms with van der Waals surface area (Å²) in [5, 5.41) is 2.98. The third-order valence-corrected chi connectivity index (χ3v) is 5.75. The fourth-order valence-corrected chi connectivity index (χ4v) is 3.99. The van der Waals surface area contributed by atoms with E-state index in [4.69, 9.17) is 4.74 Å². The van der Waals surface area contributed by atoms with Crippen molar-refractivity contribution < 1.29 is 9.53 Å². The van der Waals surface area contributed by atoms with E-state index in [1.165, 1.54) is 0 Å². The monoisotopic (exact) mass is 431 g/mol. The molecule has 1 fully saturated rings. The predicted octanol–water partition coefficient (Wildman–Crippen LogP) is 3.37. The van der Waals surface area contributed by atoms with Gasteiger partial charge in [0.15, 0.2) is 0 Å². The van der Waals surface area contributed by atoms with Gasteiger partial charge in [0.25, 0.3) is 5.91 Å². The number of aromatic nitrogens is 3. The Bertz CT molecular complexity index is 1010. The largest absolute Gasteiger partial charge is 0.492 e. The second kappa shape index (κ2) is 10.8. The molecule has 32 heavy (non-hydrogen) atoms. The highest BCUT2D eigenvalue weighted by atomic mass is 16.5. The van der Waals surface area contributed by atoms with E-state index < -0.39 is 0 Å². The Balaban J connectivity index is 1.32. The normalized spacial score (nSPS) is 14.8. The molecule has 1 aliphatic rings. The van der Waals surface area contributed by atoms with Crippen LogP contribution in [0.2, 0.25) is 0 Å². The number of rotatable bonds is 8. The molecule has 2 aromatic heterocycles. The van der Waals surface area contributed by atoms with Gasteiger partial charge in [-0.1, -0.05) is 24.3 Å². The van der Waals surface area contributed by atoms with Gasteiger partial charge in [0.05, 0.1) is 11.3 Å². The molecular weight excluding hydrogens is 402 g/mol. The zero-order valence-electron chi connectivity index (χ0n) is 18.4. The van der Waals surface area contributed by atoms with E-state index in [-0.39, 0.29) is 11.8 Å². The van der Waals surface area contributed by atoms with Crippen molar-refractivity contribution in [3.05, 3.63) is 83.7 Å². The minimum Gasteiger partial charge on any atom is -0.492 e. The molecule has 1 N–H and O–H groups in total. The van der Waals surface area contributed by atoms with Crippen molar-refractivity contribution in [2.45, 2.75) is 32.2 Å². The predicted molar refractivity (Wildman–Crippen MR) is 123 cm³/mol. The molecule has 0 unspecified atom stereocenters. The highest BCUT2D eigenvalue weighted by molar-refractivity contribution is 5.95. The highest BCUT2D eigenvalue weighted by Gasteiger charge is 2.26. The van der Waals surface area contributed by atoms with Crippen molar-refractivity contribution in [2.24, 2.45) is 0 Å². The first-order valence-corrected chi connectivity index (χ1v) is 11.1. The van der Waals surface area contributed by atoms with Gasteiger partial charge in [-0.15, -0.1) is 0 Å². The van der Waals surface area contributed by atoms with Crippen LogP contribution in [0.3, 0.4) is 0 Å². The minimum absolute atomic E-state index is 0.137. The lowest BCUT2D eigenvalue weighted by molar-refractivity contribution is 0.0947. The molecule has 166 valence electrons. The fraction of sp³-hybridized carbons (Fsp3) is 0.360. The van der Waals surface area contributed by atoms with Crippen LogP contribution >= 0.6 is 0 Å². The first kappa shape index (κ1) is 21.9. The van der Waals surface area contributed by atoms with Crippen LogP contribution in [0.15, 0.2) is 61.1 Å². The Morgan fingerprint density at radius 2 is 1.94 bits per heavy atom. The van der Waals surface area contributed by atoms with Crippen molar-refractivity contribution in [3.8, 4) is 5.75 Å². The van der Waals surface area contributed by atoms with Gasteiger partial charge >= 0.3 is 0 Å². The van der Waals surface area contributed by atoms with Gasteiger partial charge in [0.2, 0.25) is 0 Å². The first-order chi connectivity index (χ1) is 15.7. The molecule has 1 saturated heterocycles. The molecule has 0 saturated carbocycles. The van der Waals surface area contributed by atoms with Crippen LogP contribution in [0.5, 0.6) is 5.75 Å². The minimum atomic E-state index is -0.137. The number of nitrogens with one attached hydrogen (secondary N) is 1. The maximum absolute atomic E-state index is 12.9. The molecular formula is C25H29N5O2. The van der Waals surface area contributed by atoms with E-state index in [1.807, 2.05) is 49.4 Å². The number of aryl methyl sites for hydroxylation is 1. The van der Waals surface area contributed by atoms with Gasteiger partial charge in [-0.2, -0.15) is 0 Å². The first-order valence-electron chi connectivity index (χ1n) is 11.1. The summed E-state index contributed by atoms with van der Waals surface area (Å²) in [5.74, 6) is 1.72. The summed E-state index contributed by atoms with van der Waals surface area (Å²) in [5.41, 5.74) is 2.40. The van der Waals surface area contributed by atoms with Crippen LogP contribution in [0.4, 0.5) is 0 Å². The molecule has 3 heterocycles. The lowest BCUT2D eigenvalue weighted by Crippen LogP contribution is -2.36. The standard InChI is InChI=1S/C25H29N5O2/c1-19-27-18-23(25(31)28-17-20-6-5-11-26-16-20)24(29-19)21-9-12-30(13-10-21)14-15-32-22-7-3-2-4-8-22/h2-8,11,16,18,21H,9-10,12-15,17H2,1H3,(H,28,31). The van der Waals surface area contributed by atoms with Crippen molar-refractivity contribution >= 4 is 5.91 Å². The van der Waals surface area contributed by atoms with Crippen LogP contribution in [0.1, 0.15) is 46.2 Å². The number of carbonyl (C=O) groups is 1. The summed E-state index contributed by atoms with van der Waals surface area (Å²) in [4.78, 5) is 28.4. The molecule has 7 nitrogen and oxygen atoms in total. The number of piperidine rings is 1. The van der Waals surface area contributed by atoms with Crippen LogP contribution in [0.25, 0.3) is 0 Å². The van der Waals surface area contributed by atoms with Crippen LogP contribution in [0, 0.1) is 6.92 Å². The SMILES string of the molecule is Cc1ncc(C(=O)NCc2cccnc2)c(C2CCN(CCOc3ccccc3)CC2)n1. The maximum atomic E-state index is 12.9. The summed E-state index contributed by atoms with van der Waals surface area (Å²) in [6, 6.07) is 13.7. The molecule has 4 rings (SSSR count). The molecule has 0 radical (unpaired) electrons. The summed E-state index contributed by atoms with van der Waals surface area (Å²) < 4.78 is 5.83. The topological polar surface area (TPSA) is 80.2 Å². The van der Waals surface area contributed by atoms with Gasteiger partial charge in [-0.05, 0) is 56.6 Å². The molecule has 1 aliphatic heterocycles. The summed E-state index contributed by atoms with van der Waals surface area (Å²) in [7, 11) is 0. The quantitative estimate of drug-likeness (QED) is 0.589. The number of likely N-dealkylation sites (tertiary alicyclic amines) is 1. The van der Waals surface area contributed by atoms with Gasteiger partial charge in [0, 0.05) is 37.6 Å². The molecule has 0 spiro atoms. The van der Waals surface area contributed by atoms with Crippen LogP contribution in [-0.2, 0) is 6.54 Å². The van der Waals surface area contributed by atoms with E-state index in [2.05, 4.69) is 25.2 Å². The average Bonchev–Trinajstić information content (AvgIpc) is 2.84. The number of para-hydroxylation sites is 1. The van der Waals surface area contributed by atoms with E-state index in [9.17, 15) is 4.79 Å². The highest BCUT2D eigenvalue weighted by Crippen LogP contribution is 2.29. The Morgan fingerprint density at radius 3 is 2.69 bits per heavy atom. The maximum Gasteiger partial charge on any atom is 0.254 e. The Kier molecular flexibility index (Phi) is 7.40. The van der Waals surface area contributed by atoms with Crippen LogP contribution in [-0.4, -0.2) is 52.0 Å². The average molecular weight is 432 g/mol. The molecule has 3 aromatic rings. The van der Waals surface area contributed by atoms with Crippen molar-refractivity contribution in [1.82, 2.24) is 25.2 Å². The number of hydrogen-bond donors (Lipinski definition) is 1. The summed E-state index contributed by atoms with van der Waals surface area (Å²) >= 11 is 0. The zero-order chi connectivity index (χ0) is 22.2. The number of nitrogens with zero attached hydrogens (tertiary/aromatic N) is 4. The van der Waals surface area contributed by atoms with Crippen molar-refractivity contribution in [1.29, 1.82) is 0 Å². The van der Waals surface area contributed by atoms with E-state index in [0.29, 0.717) is 24.5 Å². The lowest BCUT2D eigenvalue weighted by atomic mass is 9.90. The van der Waals surface area contributed by atoms with Gasteiger partial charge in [-0.3, -0.25) is 14.7 Å². The number of pyridine rings is 1. The van der Waals surface area contributed by atoms with Crippen molar-refractivity contribution in [3.63, 3.8) is 0 Å². The fourth-order valence-electron chi connectivity index (χ4n) is 3.99. The molecule has 1 amide bonds. The van der Waals surface area contributed by atoms with E-state index in [0.717, 1.165) is 49.5 Å². The number of carbonyl (C=O) groups excluding carboxylic acids is 1. The zero-order valence-corrected chi connectivity index (χ0v) is 18.4. The third kappa shape index (κ3) is 5.88. The summed E-state index contributed by atoms with van der Waals surface area (Å²) in [6.07, 6.45) is 7.06. The van der Waals surface area contributed by atoms with E-state index >= 15 is 0 Å². The Labute approximate surface area is 188 Å². The number of amides is 1. The molecule has 1 aromatic carbocycles. The van der Waals surface area contributed by atoms with Gasteiger partial charge in [0.1, 0.15) is 18.2 Å². The molecule has 0 bridgehead atoms. The number of benzene rings is 1. The van der Waals surface area contributed by atoms with E-state index in [1.54, 1.807) is 18.6 Å². The number of ether oxygens (including phenoxy) is 1. The Hall–Kier alpha value is -3.32. The smallest absolute Gasteiger partial charge is 0.254 e. The van der Waals surface area contributed by atoms with Gasteiger partial charge < -0.3 is 10.1 Å². The summed E-state index contributed by atoms with van der Waals surface area (Å²) in [6.45, 7) is 5.79. The molecule has 7 heteroatoms. The lowest BCUT2D eigenvalue weighted by Gasteiger charge is -2.32. The third-order valence-electron chi connectivity index (χ3n) is 5.75. The Morgan fingerprint density at radius 1 is 1.12 bits per heavy atom.